The first kappa shape index (κ1) is 26.4. The minimum absolute atomic E-state index is 0.0409. The lowest BCUT2D eigenvalue weighted by molar-refractivity contribution is 0.000537. The van der Waals surface area contributed by atoms with Gasteiger partial charge in [-0.3, -0.25) is 4.90 Å². The van der Waals surface area contributed by atoms with Gasteiger partial charge in [-0.25, -0.2) is 13.2 Å². The number of anilines is 1. The number of carbonyl (C=O) groups is 1. The maximum Gasteiger partial charge on any atom is 0.410 e. The number of hydrogen-bond acceptors (Lipinski definition) is 7. The van der Waals surface area contributed by atoms with Gasteiger partial charge in [0.2, 0.25) is 0 Å². The zero-order chi connectivity index (χ0) is 24.3. The number of benzene rings is 1. The molecule has 9 heteroatoms. The lowest BCUT2D eigenvalue weighted by Gasteiger charge is -2.40. The number of sulfone groups is 1. The first-order chi connectivity index (χ1) is 14.6. The molecule has 0 bridgehead atoms. The molecule has 1 saturated heterocycles. The number of nitrogens with zero attached hydrogens (tertiary/aromatic N) is 2. The van der Waals surface area contributed by atoms with E-state index in [4.69, 9.17) is 4.74 Å². The van der Waals surface area contributed by atoms with Crippen molar-refractivity contribution >= 4 is 21.6 Å². The van der Waals surface area contributed by atoms with E-state index in [2.05, 4.69) is 16.3 Å². The van der Waals surface area contributed by atoms with Crippen molar-refractivity contribution in [3.63, 3.8) is 0 Å². The van der Waals surface area contributed by atoms with Crippen molar-refractivity contribution < 1.29 is 23.1 Å². The number of amides is 1. The topological polar surface area (TPSA) is 99.2 Å². The molecular weight excluding hydrogens is 430 g/mol. The number of aliphatic hydroxyl groups excluding tert-OH is 1. The minimum Gasteiger partial charge on any atom is -0.444 e. The van der Waals surface area contributed by atoms with Gasteiger partial charge in [0, 0.05) is 50.6 Å². The lowest BCUT2D eigenvalue weighted by atomic mass is 10.0. The normalized spacial score (nSPS) is 19.0. The van der Waals surface area contributed by atoms with Gasteiger partial charge in [-0.1, -0.05) is 6.07 Å². The van der Waals surface area contributed by atoms with Crippen molar-refractivity contribution in [1.29, 1.82) is 0 Å². The second-order valence-corrected chi connectivity index (χ2v) is 12.2. The van der Waals surface area contributed by atoms with E-state index in [9.17, 15) is 18.3 Å². The average Bonchev–Trinajstić information content (AvgIpc) is 2.62. The number of ether oxygens (including phenoxy) is 1. The summed E-state index contributed by atoms with van der Waals surface area (Å²) in [6.45, 7) is 14.5. The zero-order valence-corrected chi connectivity index (χ0v) is 21.3. The molecule has 1 fully saturated rings. The second kappa shape index (κ2) is 10.4. The largest absolute Gasteiger partial charge is 0.444 e. The van der Waals surface area contributed by atoms with Crippen LogP contribution in [0.2, 0.25) is 0 Å². The molecular formula is C23H39N3O5S. The van der Waals surface area contributed by atoms with Gasteiger partial charge in [-0.05, 0) is 64.3 Å². The van der Waals surface area contributed by atoms with Crippen LogP contribution >= 0.6 is 0 Å². The van der Waals surface area contributed by atoms with Crippen LogP contribution in [0.4, 0.5) is 10.5 Å². The second-order valence-electron chi connectivity index (χ2n) is 9.93. The summed E-state index contributed by atoms with van der Waals surface area (Å²) < 4.78 is 28.3. The highest BCUT2D eigenvalue weighted by atomic mass is 32.2. The third-order valence-corrected chi connectivity index (χ3v) is 6.45. The molecule has 0 radical (unpaired) electrons. The molecule has 8 nitrogen and oxygen atoms in total. The van der Waals surface area contributed by atoms with Crippen LogP contribution in [0, 0.1) is 13.8 Å². The van der Waals surface area contributed by atoms with Crippen molar-refractivity contribution in [2.24, 2.45) is 0 Å². The van der Waals surface area contributed by atoms with E-state index in [1.807, 2.05) is 47.6 Å². The summed E-state index contributed by atoms with van der Waals surface area (Å²) in [7, 11) is -3.13. The van der Waals surface area contributed by atoms with Crippen LogP contribution in [-0.2, 0) is 21.1 Å². The predicted molar refractivity (Wildman–Crippen MR) is 128 cm³/mol. The summed E-state index contributed by atoms with van der Waals surface area (Å²) in [4.78, 5) is 16.6. The van der Waals surface area contributed by atoms with Gasteiger partial charge in [-0.15, -0.1) is 0 Å². The molecule has 0 spiro atoms. The molecule has 1 aliphatic rings. The van der Waals surface area contributed by atoms with Gasteiger partial charge in [0.05, 0.1) is 5.75 Å². The third kappa shape index (κ3) is 8.26. The standard InChI is InChI=1S/C23H39N3O5S/c1-16-12-19(18(3)20(13-16)24-21(27)8-11-32(7,29)30)15-25-9-10-26(17(2)14-25)22(28)31-23(4,5)6/h12-13,17,21,24,27H,8-11,14-15H2,1-7H3/t17-,21?/m0/s1. The van der Waals surface area contributed by atoms with Crippen LogP contribution in [0.3, 0.4) is 0 Å². The van der Waals surface area contributed by atoms with Crippen LogP contribution < -0.4 is 5.32 Å². The van der Waals surface area contributed by atoms with E-state index in [-0.39, 0.29) is 24.3 Å². The van der Waals surface area contributed by atoms with E-state index >= 15 is 0 Å². The SMILES string of the molecule is Cc1cc(CN2CCN(C(=O)OC(C)(C)C)[C@@H](C)C2)c(C)c(NC(O)CCS(C)(=O)=O)c1. The summed E-state index contributed by atoms with van der Waals surface area (Å²) in [5.41, 5.74) is 3.52. The van der Waals surface area contributed by atoms with Gasteiger partial charge < -0.3 is 20.1 Å². The van der Waals surface area contributed by atoms with Gasteiger partial charge >= 0.3 is 6.09 Å². The van der Waals surface area contributed by atoms with Crippen LogP contribution in [0.5, 0.6) is 0 Å². The zero-order valence-electron chi connectivity index (χ0n) is 20.4. The highest BCUT2D eigenvalue weighted by Gasteiger charge is 2.31. The Hall–Kier alpha value is -1.84. The Labute approximate surface area is 192 Å². The first-order valence-corrected chi connectivity index (χ1v) is 13.1. The molecule has 1 unspecified atom stereocenters. The summed E-state index contributed by atoms with van der Waals surface area (Å²) in [6, 6.07) is 4.14. The summed E-state index contributed by atoms with van der Waals surface area (Å²) in [5, 5.41) is 13.3. The number of rotatable bonds is 7. The molecule has 2 rings (SSSR count). The molecule has 1 aromatic rings. The Morgan fingerprint density at radius 2 is 1.94 bits per heavy atom. The highest BCUT2D eigenvalue weighted by molar-refractivity contribution is 7.90. The number of aliphatic hydroxyl groups is 1. The summed E-state index contributed by atoms with van der Waals surface area (Å²) >= 11 is 0. The fourth-order valence-electron chi connectivity index (χ4n) is 3.83. The molecule has 0 aromatic heterocycles. The molecule has 0 aliphatic carbocycles. The number of aryl methyl sites for hydroxylation is 1. The molecule has 0 saturated carbocycles. The van der Waals surface area contributed by atoms with Gasteiger partial charge in [0.1, 0.15) is 21.7 Å². The van der Waals surface area contributed by atoms with Crippen LogP contribution in [0.1, 0.15) is 50.8 Å². The third-order valence-electron chi connectivity index (χ3n) is 5.48. The molecule has 182 valence electrons. The number of nitrogens with one attached hydrogen (secondary N) is 1. The summed E-state index contributed by atoms with van der Waals surface area (Å²) in [6.07, 6.45) is 0.0896. The van der Waals surface area contributed by atoms with E-state index in [0.29, 0.717) is 6.54 Å². The first-order valence-electron chi connectivity index (χ1n) is 11.1. The van der Waals surface area contributed by atoms with Crippen LogP contribution in [0.25, 0.3) is 0 Å². The molecule has 32 heavy (non-hydrogen) atoms. The van der Waals surface area contributed by atoms with Gasteiger partial charge in [0.15, 0.2) is 0 Å². The molecule has 1 heterocycles. The number of hydrogen-bond donors (Lipinski definition) is 2. The van der Waals surface area contributed by atoms with Crippen LogP contribution in [-0.4, -0.2) is 78.9 Å². The molecule has 1 amide bonds. The molecule has 1 aliphatic heterocycles. The Kier molecular flexibility index (Phi) is 8.58. The molecule has 2 N–H and O–H groups in total. The van der Waals surface area contributed by atoms with E-state index in [1.165, 1.54) is 6.26 Å². The fraction of sp³-hybridized carbons (Fsp3) is 0.696. The van der Waals surface area contributed by atoms with Crippen molar-refractivity contribution in [3.05, 3.63) is 28.8 Å². The Morgan fingerprint density at radius 1 is 1.28 bits per heavy atom. The maximum absolute atomic E-state index is 12.5. The fourth-order valence-corrected chi connectivity index (χ4v) is 4.49. The van der Waals surface area contributed by atoms with Crippen molar-refractivity contribution in [1.82, 2.24) is 9.80 Å². The molecule has 2 atom stereocenters. The van der Waals surface area contributed by atoms with E-state index < -0.39 is 21.7 Å². The van der Waals surface area contributed by atoms with Gasteiger partial charge in [0.25, 0.3) is 0 Å². The Bertz CT molecular complexity index is 911. The smallest absolute Gasteiger partial charge is 0.410 e. The average molecular weight is 470 g/mol. The molecule has 1 aromatic carbocycles. The van der Waals surface area contributed by atoms with E-state index in [0.717, 1.165) is 42.0 Å². The quantitative estimate of drug-likeness (QED) is 0.593. The number of piperazine rings is 1. The van der Waals surface area contributed by atoms with Crippen LogP contribution in [0.15, 0.2) is 12.1 Å². The minimum atomic E-state index is -3.13. The predicted octanol–water partition coefficient (Wildman–Crippen LogP) is 2.91. The van der Waals surface area contributed by atoms with Crippen molar-refractivity contribution in [3.8, 4) is 0 Å². The van der Waals surface area contributed by atoms with Crippen molar-refractivity contribution in [2.75, 3.05) is 37.0 Å². The van der Waals surface area contributed by atoms with Crippen molar-refractivity contribution in [2.45, 2.75) is 72.4 Å². The van der Waals surface area contributed by atoms with E-state index in [1.54, 1.807) is 4.90 Å². The lowest BCUT2D eigenvalue weighted by Crippen LogP contribution is -2.54. The number of carbonyl (C=O) groups excluding carboxylic acids is 1. The Balaban J connectivity index is 2.03. The highest BCUT2D eigenvalue weighted by Crippen LogP contribution is 2.25. The van der Waals surface area contributed by atoms with Gasteiger partial charge in [-0.2, -0.15) is 0 Å². The Morgan fingerprint density at radius 3 is 2.50 bits per heavy atom. The summed E-state index contributed by atoms with van der Waals surface area (Å²) in [5.74, 6) is -0.0707. The maximum atomic E-state index is 12.5. The monoisotopic (exact) mass is 469 g/mol.